The van der Waals surface area contributed by atoms with Gasteiger partial charge in [0.1, 0.15) is 17.5 Å². The topological polar surface area (TPSA) is 115 Å². The Labute approximate surface area is 178 Å². The maximum absolute atomic E-state index is 12.6. The predicted octanol–water partition coefficient (Wildman–Crippen LogP) is 4.03. The summed E-state index contributed by atoms with van der Waals surface area (Å²) in [6.07, 6.45) is -1.64. The smallest absolute Gasteiger partial charge is 0.383 e. The molecule has 11 heteroatoms. The van der Waals surface area contributed by atoms with Crippen molar-refractivity contribution in [3.05, 3.63) is 82.9 Å². The van der Waals surface area contributed by atoms with Gasteiger partial charge in [0.05, 0.1) is 5.56 Å². The molecule has 0 saturated heterocycles. The van der Waals surface area contributed by atoms with Crippen molar-refractivity contribution < 1.29 is 18.0 Å². The van der Waals surface area contributed by atoms with E-state index in [1.807, 2.05) is 0 Å². The van der Waals surface area contributed by atoms with Crippen LogP contribution in [0.1, 0.15) is 5.56 Å². The predicted molar refractivity (Wildman–Crippen MR) is 114 cm³/mol. The minimum atomic E-state index is -4.45. The third-order valence-electron chi connectivity index (χ3n) is 4.58. The first kappa shape index (κ1) is 20.8. The van der Waals surface area contributed by atoms with Gasteiger partial charge in [0.15, 0.2) is 11.1 Å². The van der Waals surface area contributed by atoms with Crippen molar-refractivity contribution in [3.63, 3.8) is 0 Å². The lowest BCUT2D eigenvalue weighted by Crippen LogP contribution is -2.19. The molecule has 32 heavy (non-hydrogen) atoms. The highest BCUT2D eigenvalue weighted by molar-refractivity contribution is 5.99. The highest BCUT2D eigenvalue weighted by Crippen LogP contribution is 2.29. The maximum Gasteiger partial charge on any atom is 0.416 e. The van der Waals surface area contributed by atoms with E-state index in [1.54, 1.807) is 35.0 Å². The number of halogens is 3. The van der Waals surface area contributed by atoms with Crippen LogP contribution in [0.3, 0.4) is 0 Å². The van der Waals surface area contributed by atoms with Crippen LogP contribution >= 0.6 is 0 Å². The van der Waals surface area contributed by atoms with E-state index < -0.39 is 17.8 Å². The minimum absolute atomic E-state index is 0.0765. The standard InChI is InChI=1S/C21H15F3N6O2/c22-21(23,24)12-1-3-13(4-2-12)28-20(32)29-14-5-7-15(8-6-14)30-10-9-16(31)17-18(25)26-11-27-19(17)30/h1-11H,(H2,25,26,27)(H2,28,29,32). The molecule has 2 aromatic heterocycles. The summed E-state index contributed by atoms with van der Waals surface area (Å²) in [5.74, 6) is 0.0765. The van der Waals surface area contributed by atoms with Crippen molar-refractivity contribution >= 4 is 34.3 Å². The largest absolute Gasteiger partial charge is 0.416 e. The van der Waals surface area contributed by atoms with E-state index in [0.717, 1.165) is 12.1 Å². The van der Waals surface area contributed by atoms with E-state index in [4.69, 9.17) is 5.73 Å². The van der Waals surface area contributed by atoms with Crippen LogP contribution in [0.2, 0.25) is 0 Å². The van der Waals surface area contributed by atoms with Gasteiger partial charge in [-0.2, -0.15) is 13.2 Å². The van der Waals surface area contributed by atoms with Crippen molar-refractivity contribution in [3.8, 4) is 5.69 Å². The summed E-state index contributed by atoms with van der Waals surface area (Å²) in [6.45, 7) is 0. The molecule has 8 nitrogen and oxygen atoms in total. The van der Waals surface area contributed by atoms with Gasteiger partial charge >= 0.3 is 12.2 Å². The van der Waals surface area contributed by atoms with E-state index >= 15 is 0 Å². The summed E-state index contributed by atoms with van der Waals surface area (Å²) in [5.41, 5.74) is 6.35. The van der Waals surface area contributed by atoms with Crippen molar-refractivity contribution in [2.24, 2.45) is 0 Å². The molecular weight excluding hydrogens is 425 g/mol. The normalized spacial score (nSPS) is 11.3. The fourth-order valence-electron chi connectivity index (χ4n) is 3.05. The second-order valence-corrected chi connectivity index (χ2v) is 6.71. The molecule has 0 aliphatic heterocycles. The van der Waals surface area contributed by atoms with E-state index in [9.17, 15) is 22.8 Å². The molecule has 0 bridgehead atoms. The second kappa shape index (κ2) is 8.02. The van der Waals surface area contributed by atoms with Crippen LogP contribution in [0.15, 0.2) is 71.9 Å². The lowest BCUT2D eigenvalue weighted by molar-refractivity contribution is -0.137. The van der Waals surface area contributed by atoms with Crippen LogP contribution in [-0.4, -0.2) is 20.6 Å². The molecule has 4 N–H and O–H groups in total. The molecule has 0 atom stereocenters. The van der Waals surface area contributed by atoms with Gasteiger partial charge in [0, 0.05) is 29.3 Å². The Morgan fingerprint density at radius 1 is 0.906 bits per heavy atom. The van der Waals surface area contributed by atoms with Gasteiger partial charge in [-0.3, -0.25) is 4.79 Å². The van der Waals surface area contributed by atoms with E-state index in [0.29, 0.717) is 17.0 Å². The number of fused-ring (bicyclic) bond motifs is 1. The van der Waals surface area contributed by atoms with Crippen molar-refractivity contribution in [2.45, 2.75) is 6.18 Å². The summed E-state index contributed by atoms with van der Waals surface area (Å²) in [6, 6.07) is 11.5. The Kier molecular flexibility index (Phi) is 5.23. The molecule has 0 unspecified atom stereocenters. The number of amides is 2. The van der Waals surface area contributed by atoms with Gasteiger partial charge in [-0.1, -0.05) is 0 Å². The Morgan fingerprint density at radius 2 is 1.50 bits per heavy atom. The zero-order valence-corrected chi connectivity index (χ0v) is 16.2. The second-order valence-electron chi connectivity index (χ2n) is 6.71. The summed E-state index contributed by atoms with van der Waals surface area (Å²) < 4.78 is 39.5. The molecule has 4 rings (SSSR count). The monoisotopic (exact) mass is 440 g/mol. The number of hydrogen-bond donors (Lipinski definition) is 3. The maximum atomic E-state index is 12.6. The van der Waals surface area contributed by atoms with Crippen LogP contribution in [0.4, 0.5) is 35.2 Å². The molecular formula is C21H15F3N6O2. The average molecular weight is 440 g/mol. The number of benzene rings is 2. The number of nitrogens with two attached hydrogens (primary N) is 1. The summed E-state index contributed by atoms with van der Waals surface area (Å²) >= 11 is 0. The fourth-order valence-corrected chi connectivity index (χ4v) is 3.05. The average Bonchev–Trinajstić information content (AvgIpc) is 2.74. The van der Waals surface area contributed by atoms with E-state index in [1.165, 1.54) is 24.5 Å². The number of rotatable bonds is 3. The lowest BCUT2D eigenvalue weighted by Gasteiger charge is -2.12. The van der Waals surface area contributed by atoms with Gasteiger partial charge in [-0.25, -0.2) is 14.8 Å². The molecule has 0 spiro atoms. The Morgan fingerprint density at radius 3 is 2.09 bits per heavy atom. The third kappa shape index (κ3) is 4.21. The summed E-state index contributed by atoms with van der Waals surface area (Å²) in [4.78, 5) is 32.2. The van der Waals surface area contributed by atoms with Gasteiger partial charge in [-0.15, -0.1) is 0 Å². The Bertz CT molecular complexity index is 1350. The quantitative estimate of drug-likeness (QED) is 0.445. The van der Waals surface area contributed by atoms with Crippen molar-refractivity contribution in [1.29, 1.82) is 0 Å². The summed E-state index contributed by atoms with van der Waals surface area (Å²) in [5, 5.41) is 5.26. The number of carbonyl (C=O) groups excluding carboxylic acids is 1. The van der Waals surface area contributed by atoms with Crippen LogP contribution in [0, 0.1) is 0 Å². The van der Waals surface area contributed by atoms with Gasteiger partial charge in [0.25, 0.3) is 0 Å². The SMILES string of the molecule is Nc1ncnc2c1c(=O)ccn2-c1ccc(NC(=O)Nc2ccc(C(F)(F)F)cc2)cc1. The molecule has 0 radical (unpaired) electrons. The zero-order valence-electron chi connectivity index (χ0n) is 16.2. The van der Waals surface area contributed by atoms with Crippen molar-refractivity contribution in [2.75, 3.05) is 16.4 Å². The number of hydrogen-bond acceptors (Lipinski definition) is 5. The first-order valence-corrected chi connectivity index (χ1v) is 9.20. The summed E-state index contributed by atoms with van der Waals surface area (Å²) in [7, 11) is 0. The molecule has 0 aliphatic carbocycles. The van der Waals surface area contributed by atoms with Crippen LogP contribution in [0.5, 0.6) is 0 Å². The van der Waals surface area contributed by atoms with Crippen LogP contribution in [-0.2, 0) is 6.18 Å². The van der Waals surface area contributed by atoms with Gasteiger partial charge in [0.2, 0.25) is 0 Å². The molecule has 2 heterocycles. The number of alkyl halides is 3. The number of urea groups is 1. The van der Waals surface area contributed by atoms with E-state index in [2.05, 4.69) is 20.6 Å². The number of aromatic nitrogens is 3. The van der Waals surface area contributed by atoms with Crippen LogP contribution in [0.25, 0.3) is 16.7 Å². The van der Waals surface area contributed by atoms with E-state index in [-0.39, 0.29) is 22.3 Å². The Balaban J connectivity index is 1.50. The third-order valence-corrected chi connectivity index (χ3v) is 4.58. The molecule has 162 valence electrons. The highest BCUT2D eigenvalue weighted by Gasteiger charge is 2.30. The molecule has 0 saturated carbocycles. The minimum Gasteiger partial charge on any atom is -0.383 e. The fraction of sp³-hybridized carbons (Fsp3) is 0.0476. The van der Waals surface area contributed by atoms with Crippen LogP contribution < -0.4 is 21.8 Å². The first-order valence-electron chi connectivity index (χ1n) is 9.20. The number of nitrogens with one attached hydrogen (secondary N) is 2. The Hall–Kier alpha value is -4.41. The number of anilines is 3. The molecule has 2 amide bonds. The number of carbonyl (C=O) groups is 1. The molecule has 0 fully saturated rings. The number of pyridine rings is 1. The first-order chi connectivity index (χ1) is 15.2. The zero-order chi connectivity index (χ0) is 22.9. The molecule has 0 aliphatic rings. The van der Waals surface area contributed by atoms with Gasteiger partial charge < -0.3 is 20.9 Å². The molecule has 2 aromatic carbocycles. The molecule has 4 aromatic rings. The number of nitrogen functional groups attached to an aromatic ring is 1. The van der Waals surface area contributed by atoms with Crippen molar-refractivity contribution in [1.82, 2.24) is 14.5 Å². The number of nitrogens with zero attached hydrogens (tertiary/aromatic N) is 3. The highest BCUT2D eigenvalue weighted by atomic mass is 19.4. The van der Waals surface area contributed by atoms with Gasteiger partial charge in [-0.05, 0) is 48.5 Å². The lowest BCUT2D eigenvalue weighted by atomic mass is 10.2.